The van der Waals surface area contributed by atoms with Crippen molar-refractivity contribution in [2.45, 2.75) is 65.4 Å². The van der Waals surface area contributed by atoms with Crippen molar-refractivity contribution < 1.29 is 27.9 Å². The summed E-state index contributed by atoms with van der Waals surface area (Å²) >= 11 is 0. The molecule has 0 heterocycles. The summed E-state index contributed by atoms with van der Waals surface area (Å²) in [5.41, 5.74) is 16.4. The zero-order chi connectivity index (χ0) is 28.0. The van der Waals surface area contributed by atoms with E-state index in [4.69, 9.17) is 5.73 Å². The Morgan fingerprint density at radius 2 is 1.03 bits per heavy atom. The topological polar surface area (TPSA) is 72.2 Å². The van der Waals surface area contributed by atoms with Crippen LogP contribution in [0.25, 0.3) is 0 Å². The molecule has 208 valence electrons. The Hall–Kier alpha value is -2.63. The number of hydrogen-bond acceptors (Lipinski definition) is 3. The average molecular weight is 630 g/mol. The van der Waals surface area contributed by atoms with Gasteiger partial charge in [0.2, 0.25) is 10.0 Å². The Kier molecular flexibility index (Phi) is 11.8. The maximum atomic E-state index is 13.3. The summed E-state index contributed by atoms with van der Waals surface area (Å²) in [6.45, 7) is 14.3. The van der Waals surface area contributed by atoms with Crippen molar-refractivity contribution in [2.75, 3.05) is 0 Å². The Balaban J connectivity index is 0.000000410. The van der Waals surface area contributed by atoms with Crippen molar-refractivity contribution in [1.29, 1.82) is 0 Å². The standard InChI is InChI=1S/C23H26N2O2S.C10H14.Ru/c1-16-14-17(2)23(18(3)15-16)28(26,27)25-22(20-12-8-5-9-13-20)21(24)19-10-6-4-7-11-19;1-7-5-6-8(2)10(4)9(7)3;/h4-15,21-22,25H,24H2,1-3H3;5-6H,1-4H3;/t21-,22-;;/m0../s1. The first-order valence-corrected chi connectivity index (χ1v) is 14.4. The van der Waals surface area contributed by atoms with Crippen molar-refractivity contribution in [2.24, 2.45) is 5.73 Å². The molecule has 0 fully saturated rings. The smallest absolute Gasteiger partial charge is 0.241 e. The van der Waals surface area contributed by atoms with Crippen LogP contribution in [0.4, 0.5) is 0 Å². The second kappa shape index (κ2) is 14.1. The van der Waals surface area contributed by atoms with Crippen LogP contribution >= 0.6 is 0 Å². The molecule has 4 rings (SSSR count). The largest absolute Gasteiger partial charge is 0.322 e. The fourth-order valence-electron chi connectivity index (χ4n) is 4.79. The molecule has 4 aromatic carbocycles. The number of sulfonamides is 1. The molecule has 0 saturated heterocycles. The molecule has 0 aromatic heterocycles. The van der Waals surface area contributed by atoms with Gasteiger partial charge in [-0.2, -0.15) is 0 Å². The van der Waals surface area contributed by atoms with E-state index in [-0.39, 0.29) is 19.5 Å². The monoisotopic (exact) mass is 630 g/mol. The van der Waals surface area contributed by atoms with Gasteiger partial charge in [0.05, 0.1) is 17.0 Å². The molecule has 0 radical (unpaired) electrons. The van der Waals surface area contributed by atoms with Crippen molar-refractivity contribution in [3.05, 3.63) is 135 Å². The molecule has 0 aliphatic heterocycles. The van der Waals surface area contributed by atoms with E-state index in [2.05, 4.69) is 44.5 Å². The van der Waals surface area contributed by atoms with Crippen LogP contribution in [0.2, 0.25) is 0 Å². The molecule has 2 atom stereocenters. The van der Waals surface area contributed by atoms with Gasteiger partial charge >= 0.3 is 0 Å². The predicted octanol–water partition coefficient (Wildman–Crippen LogP) is 7.25. The number of hydrogen-bond donors (Lipinski definition) is 2. The minimum atomic E-state index is -3.77. The van der Waals surface area contributed by atoms with Gasteiger partial charge in [-0.05, 0) is 93.0 Å². The third-order valence-electron chi connectivity index (χ3n) is 7.19. The fourth-order valence-corrected chi connectivity index (χ4v) is 6.49. The van der Waals surface area contributed by atoms with Crippen LogP contribution in [0.3, 0.4) is 0 Å². The summed E-state index contributed by atoms with van der Waals surface area (Å²) in [6.07, 6.45) is 0. The minimum Gasteiger partial charge on any atom is -0.322 e. The quantitative estimate of drug-likeness (QED) is 0.221. The molecule has 0 amide bonds. The molecule has 39 heavy (non-hydrogen) atoms. The number of rotatable bonds is 6. The van der Waals surface area contributed by atoms with Crippen LogP contribution in [-0.4, -0.2) is 8.42 Å². The SMILES string of the molecule is Cc1cc(C)c(S(=O)(=O)N[C@@H](c2ccccc2)[C@@H](N)c2ccccc2)c(C)c1.Cc1ccc(C)c(C)c1C.[Ru]. The second-order valence-electron chi connectivity index (χ2n) is 10.1. The number of nitrogens with one attached hydrogen (secondary N) is 1. The van der Waals surface area contributed by atoms with E-state index in [0.717, 1.165) is 27.8 Å². The first-order chi connectivity index (χ1) is 17.9. The van der Waals surface area contributed by atoms with Gasteiger partial charge in [-0.25, -0.2) is 13.1 Å². The van der Waals surface area contributed by atoms with Gasteiger partial charge in [0, 0.05) is 19.5 Å². The molecule has 3 N–H and O–H groups in total. The molecule has 0 unspecified atom stereocenters. The summed E-state index contributed by atoms with van der Waals surface area (Å²) in [7, 11) is -3.77. The summed E-state index contributed by atoms with van der Waals surface area (Å²) < 4.78 is 29.5. The number of nitrogens with two attached hydrogens (primary N) is 1. The van der Waals surface area contributed by atoms with Gasteiger partial charge in [-0.15, -0.1) is 0 Å². The van der Waals surface area contributed by atoms with Crippen molar-refractivity contribution >= 4 is 10.0 Å². The zero-order valence-electron chi connectivity index (χ0n) is 23.9. The van der Waals surface area contributed by atoms with Crippen molar-refractivity contribution in [1.82, 2.24) is 4.72 Å². The summed E-state index contributed by atoms with van der Waals surface area (Å²) in [5, 5.41) is 0. The van der Waals surface area contributed by atoms with E-state index in [1.165, 1.54) is 22.3 Å². The summed E-state index contributed by atoms with van der Waals surface area (Å²) in [5.74, 6) is 0. The van der Waals surface area contributed by atoms with Gasteiger partial charge in [-0.1, -0.05) is 90.5 Å². The Morgan fingerprint density at radius 3 is 1.46 bits per heavy atom. The van der Waals surface area contributed by atoms with Crippen LogP contribution in [0, 0.1) is 48.5 Å². The maximum absolute atomic E-state index is 13.3. The van der Waals surface area contributed by atoms with E-state index in [1.54, 1.807) is 0 Å². The van der Waals surface area contributed by atoms with Crippen molar-refractivity contribution in [3.63, 3.8) is 0 Å². The fraction of sp³-hybridized carbons (Fsp3) is 0.273. The van der Waals surface area contributed by atoms with Crippen LogP contribution in [0.5, 0.6) is 0 Å². The number of aryl methyl sites for hydroxylation is 5. The molecule has 0 aliphatic carbocycles. The number of benzene rings is 4. The third kappa shape index (κ3) is 8.19. The molecule has 0 aliphatic rings. The molecule has 0 spiro atoms. The first kappa shape index (κ1) is 32.6. The Morgan fingerprint density at radius 1 is 0.615 bits per heavy atom. The average Bonchev–Trinajstić information content (AvgIpc) is 2.88. The molecule has 4 nitrogen and oxygen atoms in total. The van der Waals surface area contributed by atoms with E-state index >= 15 is 0 Å². The maximum Gasteiger partial charge on any atom is 0.241 e. The van der Waals surface area contributed by atoms with Gasteiger partial charge < -0.3 is 5.73 Å². The van der Waals surface area contributed by atoms with E-state index in [1.807, 2.05) is 93.6 Å². The van der Waals surface area contributed by atoms with Crippen LogP contribution in [-0.2, 0) is 29.5 Å². The molecular weight excluding hydrogens is 590 g/mol. The Bertz CT molecular complexity index is 1440. The molecule has 4 aromatic rings. The molecule has 0 saturated carbocycles. The predicted molar refractivity (Wildman–Crippen MR) is 159 cm³/mol. The summed E-state index contributed by atoms with van der Waals surface area (Å²) in [4.78, 5) is 0.319. The molecular formula is C33H40N2O2RuS. The molecule has 0 bridgehead atoms. The van der Waals surface area contributed by atoms with Gasteiger partial charge in [0.15, 0.2) is 0 Å². The minimum absolute atomic E-state index is 0. The van der Waals surface area contributed by atoms with Crippen LogP contribution < -0.4 is 10.5 Å². The van der Waals surface area contributed by atoms with E-state index in [9.17, 15) is 8.42 Å². The third-order valence-corrected chi connectivity index (χ3v) is 8.93. The van der Waals surface area contributed by atoms with Crippen LogP contribution in [0.15, 0.2) is 89.8 Å². The summed E-state index contributed by atoms with van der Waals surface area (Å²) in [6, 6.07) is 26.0. The first-order valence-electron chi connectivity index (χ1n) is 12.9. The Labute approximate surface area is 247 Å². The molecule has 6 heteroatoms. The zero-order valence-corrected chi connectivity index (χ0v) is 26.4. The van der Waals surface area contributed by atoms with Crippen molar-refractivity contribution in [3.8, 4) is 0 Å². The van der Waals surface area contributed by atoms with Gasteiger partial charge in [0.25, 0.3) is 0 Å². The van der Waals surface area contributed by atoms with Gasteiger partial charge in [-0.3, -0.25) is 0 Å². The van der Waals surface area contributed by atoms with Gasteiger partial charge in [0.1, 0.15) is 0 Å². The second-order valence-corrected chi connectivity index (χ2v) is 11.8. The van der Waals surface area contributed by atoms with E-state index in [0.29, 0.717) is 4.90 Å². The van der Waals surface area contributed by atoms with Crippen LogP contribution in [0.1, 0.15) is 62.2 Å². The normalized spacial score (nSPS) is 12.5. The van der Waals surface area contributed by atoms with E-state index < -0.39 is 22.1 Å².